The third-order valence-corrected chi connectivity index (χ3v) is 2.55. The van der Waals surface area contributed by atoms with Crippen LogP contribution in [0.4, 0.5) is 8.78 Å². The minimum absolute atomic E-state index is 0.0126. The number of methoxy groups -OCH3 is 1. The van der Waals surface area contributed by atoms with E-state index in [2.05, 4.69) is 20.4 Å². The van der Waals surface area contributed by atoms with Gasteiger partial charge in [0.2, 0.25) is 0 Å². The van der Waals surface area contributed by atoms with Crippen LogP contribution in [-0.4, -0.2) is 32.8 Å². The van der Waals surface area contributed by atoms with Crippen molar-refractivity contribution < 1.29 is 18.3 Å². The van der Waals surface area contributed by atoms with E-state index in [1.165, 1.54) is 13.2 Å². The molecule has 7 heteroatoms. The van der Waals surface area contributed by atoms with E-state index in [4.69, 9.17) is 4.74 Å². The number of nitrogens with zero attached hydrogens (tertiary/aromatic N) is 1. The molecule has 0 saturated carbocycles. The molecule has 1 rings (SSSR count). The van der Waals surface area contributed by atoms with Crippen molar-refractivity contribution in [3.63, 3.8) is 0 Å². The van der Waals surface area contributed by atoms with Gasteiger partial charge in [-0.25, -0.2) is 0 Å². The molecule has 0 heterocycles. The van der Waals surface area contributed by atoms with Crippen LogP contribution >= 0.6 is 0 Å². The Morgan fingerprint density at radius 2 is 2.00 bits per heavy atom. The summed E-state index contributed by atoms with van der Waals surface area (Å²) in [5.41, 5.74) is 0.776. The van der Waals surface area contributed by atoms with Crippen molar-refractivity contribution in [3.05, 3.63) is 23.8 Å². The lowest BCUT2D eigenvalue weighted by molar-refractivity contribution is -0.0512. The fraction of sp³-hybridized carbons (Fsp3) is 0.500. The topological polar surface area (TPSA) is 54.9 Å². The molecule has 1 aromatic rings. The molecule has 0 amide bonds. The van der Waals surface area contributed by atoms with E-state index in [-0.39, 0.29) is 17.5 Å². The predicted octanol–water partition coefficient (Wildman–Crippen LogP) is 2.37. The van der Waals surface area contributed by atoms with Crippen LogP contribution in [0.2, 0.25) is 0 Å². The van der Waals surface area contributed by atoms with Gasteiger partial charge in [0.1, 0.15) is 0 Å². The van der Waals surface area contributed by atoms with Gasteiger partial charge in [-0.3, -0.25) is 4.99 Å². The molecular formula is C14H21F2N3O2. The smallest absolute Gasteiger partial charge is 0.387 e. The molecule has 0 aromatic heterocycles. The van der Waals surface area contributed by atoms with Crippen molar-refractivity contribution >= 4 is 5.96 Å². The number of hydrogen-bond donors (Lipinski definition) is 2. The van der Waals surface area contributed by atoms with E-state index < -0.39 is 6.61 Å². The summed E-state index contributed by atoms with van der Waals surface area (Å²) in [7, 11) is 3.07. The number of alkyl halides is 2. The standard InChI is InChI=1S/C14H21F2N3O2/c1-9(2)19-14(17-3)18-8-10-5-6-11(20-4)12(7-10)21-13(15)16/h5-7,9,13H,8H2,1-4H3,(H2,17,18,19). The first-order valence-electron chi connectivity index (χ1n) is 6.55. The molecule has 0 aliphatic heterocycles. The van der Waals surface area contributed by atoms with Gasteiger partial charge in [0.05, 0.1) is 7.11 Å². The first kappa shape index (κ1) is 17.0. The highest BCUT2D eigenvalue weighted by Gasteiger charge is 2.11. The minimum atomic E-state index is -2.89. The molecule has 0 spiro atoms. The Labute approximate surface area is 123 Å². The van der Waals surface area contributed by atoms with Crippen LogP contribution in [0.5, 0.6) is 11.5 Å². The Bertz CT molecular complexity index is 479. The summed E-state index contributed by atoms with van der Waals surface area (Å²) in [6.07, 6.45) is 0. The molecule has 118 valence electrons. The van der Waals surface area contributed by atoms with Crippen molar-refractivity contribution in [2.24, 2.45) is 4.99 Å². The third-order valence-electron chi connectivity index (χ3n) is 2.55. The molecule has 0 fully saturated rings. The maximum absolute atomic E-state index is 12.4. The summed E-state index contributed by atoms with van der Waals surface area (Å²) in [5.74, 6) is 0.916. The largest absolute Gasteiger partial charge is 0.493 e. The van der Waals surface area contributed by atoms with Crippen molar-refractivity contribution in [3.8, 4) is 11.5 Å². The number of guanidine groups is 1. The minimum Gasteiger partial charge on any atom is -0.493 e. The van der Waals surface area contributed by atoms with E-state index in [9.17, 15) is 8.78 Å². The molecule has 21 heavy (non-hydrogen) atoms. The van der Waals surface area contributed by atoms with E-state index in [1.807, 2.05) is 13.8 Å². The van der Waals surface area contributed by atoms with Crippen LogP contribution in [0.15, 0.2) is 23.2 Å². The Hall–Kier alpha value is -2.05. The monoisotopic (exact) mass is 301 g/mol. The molecule has 5 nitrogen and oxygen atoms in total. The van der Waals surface area contributed by atoms with Crippen LogP contribution in [0, 0.1) is 0 Å². The second kappa shape index (κ2) is 8.28. The number of benzene rings is 1. The second-order valence-corrected chi connectivity index (χ2v) is 4.59. The molecule has 1 aromatic carbocycles. The highest BCUT2D eigenvalue weighted by atomic mass is 19.3. The normalized spacial score (nSPS) is 11.7. The summed E-state index contributed by atoms with van der Waals surface area (Å²) >= 11 is 0. The summed E-state index contributed by atoms with van der Waals surface area (Å²) in [6, 6.07) is 5.12. The maximum Gasteiger partial charge on any atom is 0.387 e. The van der Waals surface area contributed by atoms with Gasteiger partial charge in [0, 0.05) is 19.6 Å². The Balaban J connectivity index is 2.75. The van der Waals surface area contributed by atoms with E-state index in [0.717, 1.165) is 5.56 Å². The average Bonchev–Trinajstić information content (AvgIpc) is 2.42. The first-order chi connectivity index (χ1) is 9.96. The fourth-order valence-corrected chi connectivity index (χ4v) is 1.67. The van der Waals surface area contributed by atoms with Crippen molar-refractivity contribution in [1.29, 1.82) is 0 Å². The molecule has 2 N–H and O–H groups in total. The summed E-state index contributed by atoms with van der Waals surface area (Å²) < 4.78 is 34.1. The summed E-state index contributed by atoms with van der Waals surface area (Å²) in [5, 5.41) is 6.22. The van der Waals surface area contributed by atoms with Crippen LogP contribution < -0.4 is 20.1 Å². The molecule has 0 atom stereocenters. The van der Waals surface area contributed by atoms with Crippen LogP contribution in [0.3, 0.4) is 0 Å². The van der Waals surface area contributed by atoms with Gasteiger partial charge >= 0.3 is 6.61 Å². The third kappa shape index (κ3) is 5.85. The van der Waals surface area contributed by atoms with Crippen molar-refractivity contribution in [2.45, 2.75) is 33.0 Å². The van der Waals surface area contributed by atoms with Crippen LogP contribution in [-0.2, 0) is 6.54 Å². The van der Waals surface area contributed by atoms with Crippen LogP contribution in [0.25, 0.3) is 0 Å². The first-order valence-corrected chi connectivity index (χ1v) is 6.55. The highest BCUT2D eigenvalue weighted by molar-refractivity contribution is 5.79. The summed E-state index contributed by atoms with van der Waals surface area (Å²) in [6.45, 7) is 1.53. The SMILES string of the molecule is CN=C(NCc1ccc(OC)c(OC(F)F)c1)NC(C)C. The number of halogens is 2. The Kier molecular flexibility index (Phi) is 6.71. The van der Waals surface area contributed by atoms with Gasteiger partial charge in [0.25, 0.3) is 0 Å². The molecular weight excluding hydrogens is 280 g/mol. The Morgan fingerprint density at radius 1 is 1.29 bits per heavy atom. The van der Waals surface area contributed by atoms with Crippen LogP contribution in [0.1, 0.15) is 19.4 Å². The average molecular weight is 301 g/mol. The van der Waals surface area contributed by atoms with Gasteiger partial charge in [-0.15, -0.1) is 0 Å². The second-order valence-electron chi connectivity index (χ2n) is 4.59. The van der Waals surface area contributed by atoms with E-state index in [0.29, 0.717) is 12.5 Å². The number of hydrogen-bond acceptors (Lipinski definition) is 3. The van der Waals surface area contributed by atoms with E-state index in [1.54, 1.807) is 19.2 Å². The van der Waals surface area contributed by atoms with Gasteiger partial charge in [-0.2, -0.15) is 8.78 Å². The van der Waals surface area contributed by atoms with Gasteiger partial charge in [-0.05, 0) is 31.5 Å². The van der Waals surface area contributed by atoms with Crippen molar-refractivity contribution in [1.82, 2.24) is 10.6 Å². The maximum atomic E-state index is 12.4. The lowest BCUT2D eigenvalue weighted by Gasteiger charge is -2.15. The molecule has 0 aliphatic rings. The fourth-order valence-electron chi connectivity index (χ4n) is 1.67. The van der Waals surface area contributed by atoms with Gasteiger partial charge < -0.3 is 20.1 Å². The zero-order chi connectivity index (χ0) is 15.8. The number of aliphatic imine (C=N–C) groups is 1. The van der Waals surface area contributed by atoms with Gasteiger partial charge in [0.15, 0.2) is 17.5 Å². The van der Waals surface area contributed by atoms with Crippen molar-refractivity contribution in [2.75, 3.05) is 14.2 Å². The zero-order valence-electron chi connectivity index (χ0n) is 12.6. The number of nitrogens with one attached hydrogen (secondary N) is 2. The lowest BCUT2D eigenvalue weighted by atomic mass is 10.2. The predicted molar refractivity (Wildman–Crippen MR) is 78.1 cm³/mol. The summed E-state index contributed by atoms with van der Waals surface area (Å²) in [4.78, 5) is 4.07. The lowest BCUT2D eigenvalue weighted by Crippen LogP contribution is -2.40. The molecule has 0 radical (unpaired) electrons. The Morgan fingerprint density at radius 3 is 2.52 bits per heavy atom. The quantitative estimate of drug-likeness (QED) is 0.626. The zero-order valence-corrected chi connectivity index (χ0v) is 12.6. The molecule has 0 saturated heterocycles. The number of rotatable bonds is 6. The van der Waals surface area contributed by atoms with Gasteiger partial charge in [-0.1, -0.05) is 6.07 Å². The van der Waals surface area contributed by atoms with E-state index >= 15 is 0 Å². The molecule has 0 aliphatic carbocycles. The molecule has 0 bridgehead atoms. The molecule has 0 unspecified atom stereocenters. The highest BCUT2D eigenvalue weighted by Crippen LogP contribution is 2.29. The number of ether oxygens (including phenoxy) is 2.